The van der Waals surface area contributed by atoms with Crippen LogP contribution in [0.5, 0.6) is 0 Å². The molecule has 11 nitrogen and oxygen atoms in total. The first-order valence-electron chi connectivity index (χ1n) is 11.5. The van der Waals surface area contributed by atoms with E-state index >= 15 is 0 Å². The van der Waals surface area contributed by atoms with Crippen molar-refractivity contribution >= 4 is 23.1 Å². The Kier molecular flexibility index (Phi) is 7.89. The summed E-state index contributed by atoms with van der Waals surface area (Å²) in [5.41, 5.74) is 6.24. The van der Waals surface area contributed by atoms with Gasteiger partial charge in [0.1, 0.15) is 6.54 Å². The molecule has 0 fully saturated rings. The molecule has 1 amide bonds. The molecule has 0 saturated heterocycles. The Balaban J connectivity index is 1.58. The summed E-state index contributed by atoms with van der Waals surface area (Å²) in [5.74, 6) is 0.0475. The van der Waals surface area contributed by atoms with Crippen LogP contribution in [-0.4, -0.2) is 56.4 Å². The molecule has 3 heterocycles. The number of hydrogen-bond acceptors (Lipinski definition) is 8. The van der Waals surface area contributed by atoms with Gasteiger partial charge in [-0.2, -0.15) is 23.5 Å². The van der Waals surface area contributed by atoms with Crippen LogP contribution in [0.2, 0.25) is 0 Å². The number of fused-ring (bicyclic) bond motifs is 1. The number of rotatable bonds is 10. The van der Waals surface area contributed by atoms with E-state index in [1.165, 1.54) is 29.2 Å². The number of aromatic nitrogens is 5. The second-order valence-corrected chi connectivity index (χ2v) is 8.17. The number of anilines is 2. The summed E-state index contributed by atoms with van der Waals surface area (Å²) < 4.78 is 48.6. The van der Waals surface area contributed by atoms with E-state index in [1.54, 1.807) is 31.2 Å². The fourth-order valence-electron chi connectivity index (χ4n) is 3.83. The number of nitrogens with two attached hydrogens (primary N) is 1. The summed E-state index contributed by atoms with van der Waals surface area (Å²) >= 11 is 0. The largest absolute Gasteiger partial charge is 0.435 e. The Hall–Kier alpha value is -4.48. The van der Waals surface area contributed by atoms with Gasteiger partial charge in [0, 0.05) is 42.9 Å². The second kappa shape index (κ2) is 11.3. The van der Waals surface area contributed by atoms with Crippen LogP contribution in [0, 0.1) is 18.3 Å². The van der Waals surface area contributed by atoms with Gasteiger partial charge in [0.2, 0.25) is 0 Å². The number of carbonyl (C=O) groups excluding carboxylic acids is 1. The van der Waals surface area contributed by atoms with Crippen LogP contribution in [0.25, 0.3) is 16.9 Å². The second-order valence-electron chi connectivity index (χ2n) is 8.17. The van der Waals surface area contributed by atoms with Crippen LogP contribution in [0.4, 0.5) is 24.7 Å². The van der Waals surface area contributed by atoms with Crippen molar-refractivity contribution in [1.29, 1.82) is 5.26 Å². The third kappa shape index (κ3) is 5.74. The van der Waals surface area contributed by atoms with E-state index in [-0.39, 0.29) is 29.4 Å². The molecular weight excluding hydrogens is 503 g/mol. The summed E-state index contributed by atoms with van der Waals surface area (Å²) in [4.78, 5) is 21.0. The van der Waals surface area contributed by atoms with Crippen LogP contribution < -0.4 is 16.4 Å². The lowest BCUT2D eigenvalue weighted by atomic mass is 10.1. The van der Waals surface area contributed by atoms with Gasteiger partial charge in [0.25, 0.3) is 5.91 Å². The maximum Gasteiger partial charge on any atom is 0.435 e. The van der Waals surface area contributed by atoms with Crippen LogP contribution >= 0.6 is 0 Å². The molecule has 0 saturated carbocycles. The predicted molar refractivity (Wildman–Crippen MR) is 131 cm³/mol. The summed E-state index contributed by atoms with van der Waals surface area (Å²) in [7, 11) is 0. The molecule has 0 unspecified atom stereocenters. The summed E-state index contributed by atoms with van der Waals surface area (Å²) in [5, 5.41) is 18.3. The fourth-order valence-corrected chi connectivity index (χ4v) is 3.83. The minimum atomic E-state index is -4.72. The van der Waals surface area contributed by atoms with Gasteiger partial charge in [-0.1, -0.05) is 0 Å². The SMILES string of the molecule is Cc1cc(Nc2nccn3c(-c4cn(CC#N)nc4C(F)(F)F)cnc23)ccc1C(=O)NCCOCCN. The van der Waals surface area contributed by atoms with Gasteiger partial charge in [-0.15, -0.1) is 0 Å². The molecule has 4 N–H and O–H groups in total. The zero-order valence-corrected chi connectivity index (χ0v) is 20.3. The van der Waals surface area contributed by atoms with E-state index in [1.807, 2.05) is 0 Å². The molecule has 0 aliphatic carbocycles. The highest BCUT2D eigenvalue weighted by molar-refractivity contribution is 5.96. The van der Waals surface area contributed by atoms with Crippen LogP contribution in [-0.2, 0) is 17.5 Å². The van der Waals surface area contributed by atoms with Gasteiger partial charge < -0.3 is 21.1 Å². The molecule has 0 aliphatic rings. The first-order valence-corrected chi connectivity index (χ1v) is 11.5. The summed E-state index contributed by atoms with van der Waals surface area (Å²) in [6, 6.07) is 6.88. The molecule has 0 aliphatic heterocycles. The number of hydrogen-bond donors (Lipinski definition) is 3. The zero-order chi connectivity index (χ0) is 27.3. The maximum absolute atomic E-state index is 13.7. The maximum atomic E-state index is 13.7. The Bertz CT molecular complexity index is 1490. The van der Waals surface area contributed by atoms with E-state index in [4.69, 9.17) is 15.7 Å². The van der Waals surface area contributed by atoms with E-state index in [2.05, 4.69) is 25.7 Å². The highest BCUT2D eigenvalue weighted by atomic mass is 19.4. The van der Waals surface area contributed by atoms with Crippen molar-refractivity contribution in [2.75, 3.05) is 31.6 Å². The molecule has 4 aromatic rings. The normalized spacial score (nSPS) is 11.5. The summed E-state index contributed by atoms with van der Waals surface area (Å²) in [6.45, 7) is 2.98. The molecule has 1 aromatic carbocycles. The van der Waals surface area contributed by atoms with Crippen molar-refractivity contribution in [2.45, 2.75) is 19.6 Å². The molecule has 0 bridgehead atoms. The molecule has 38 heavy (non-hydrogen) atoms. The van der Waals surface area contributed by atoms with Crippen molar-refractivity contribution in [3.63, 3.8) is 0 Å². The average molecular weight is 528 g/mol. The van der Waals surface area contributed by atoms with E-state index < -0.39 is 11.9 Å². The lowest BCUT2D eigenvalue weighted by molar-refractivity contribution is -0.141. The van der Waals surface area contributed by atoms with Crippen molar-refractivity contribution < 1.29 is 22.7 Å². The molecule has 0 spiro atoms. The third-order valence-electron chi connectivity index (χ3n) is 5.49. The number of amides is 1. The van der Waals surface area contributed by atoms with Crippen LogP contribution in [0.3, 0.4) is 0 Å². The number of ether oxygens (including phenoxy) is 1. The number of imidazole rings is 1. The van der Waals surface area contributed by atoms with Gasteiger partial charge in [-0.05, 0) is 30.7 Å². The number of benzene rings is 1. The molecule has 0 atom stereocenters. The Morgan fingerprint density at radius 3 is 2.79 bits per heavy atom. The number of alkyl halides is 3. The van der Waals surface area contributed by atoms with E-state index in [9.17, 15) is 18.0 Å². The minimum Gasteiger partial charge on any atom is -0.378 e. The Morgan fingerprint density at radius 2 is 2.08 bits per heavy atom. The number of nitrogens with one attached hydrogen (secondary N) is 2. The number of aryl methyl sites for hydroxylation is 1. The van der Waals surface area contributed by atoms with Gasteiger partial charge in [-0.25, -0.2) is 9.97 Å². The Morgan fingerprint density at radius 1 is 1.26 bits per heavy atom. The Labute approximate surface area is 215 Å². The summed E-state index contributed by atoms with van der Waals surface area (Å²) in [6.07, 6.45) is 0.647. The van der Waals surface area contributed by atoms with Gasteiger partial charge in [0.15, 0.2) is 17.2 Å². The highest BCUT2D eigenvalue weighted by Gasteiger charge is 2.38. The standard InChI is InChI=1S/C24H24F3N9O2/c1-15-12-16(2-3-17(15)23(37)31-7-11-38-10-5-29)33-21-22-32-13-19(36(22)9-6-30-21)18-14-35(8-4-28)34-20(18)24(25,26)27/h2-3,6,9,12-14H,5,7-8,10-11,29H2,1H3,(H,30,33)(H,31,37). The minimum absolute atomic E-state index is 0.139. The smallest absolute Gasteiger partial charge is 0.378 e. The molecular formula is C24H24F3N9O2. The van der Waals surface area contributed by atoms with Crippen LogP contribution in [0.15, 0.2) is 43.0 Å². The number of nitrogens with zero attached hydrogens (tertiary/aromatic N) is 6. The molecule has 3 aromatic heterocycles. The number of halogens is 3. The van der Waals surface area contributed by atoms with Crippen molar-refractivity contribution in [2.24, 2.45) is 5.73 Å². The highest BCUT2D eigenvalue weighted by Crippen LogP contribution is 2.36. The third-order valence-corrected chi connectivity index (χ3v) is 5.49. The molecule has 0 radical (unpaired) electrons. The first-order chi connectivity index (χ1) is 18.2. The van der Waals surface area contributed by atoms with Crippen molar-refractivity contribution in [1.82, 2.24) is 29.5 Å². The van der Waals surface area contributed by atoms with E-state index in [0.29, 0.717) is 48.9 Å². The van der Waals surface area contributed by atoms with E-state index in [0.717, 1.165) is 4.68 Å². The monoisotopic (exact) mass is 527 g/mol. The number of carbonyl (C=O) groups is 1. The zero-order valence-electron chi connectivity index (χ0n) is 20.3. The van der Waals surface area contributed by atoms with Crippen LogP contribution in [0.1, 0.15) is 21.6 Å². The van der Waals surface area contributed by atoms with Gasteiger partial charge in [-0.3, -0.25) is 13.9 Å². The average Bonchev–Trinajstić information content (AvgIpc) is 3.49. The van der Waals surface area contributed by atoms with Gasteiger partial charge >= 0.3 is 6.18 Å². The topological polar surface area (TPSA) is 148 Å². The van der Waals surface area contributed by atoms with Gasteiger partial charge in [0.05, 0.1) is 36.7 Å². The quantitative estimate of drug-likeness (QED) is 0.267. The fraction of sp³-hybridized carbons (Fsp3) is 0.292. The first kappa shape index (κ1) is 26.6. The predicted octanol–water partition coefficient (Wildman–Crippen LogP) is 2.89. The molecule has 198 valence electrons. The lowest BCUT2D eigenvalue weighted by Gasteiger charge is -2.12. The lowest BCUT2D eigenvalue weighted by Crippen LogP contribution is -2.28. The molecule has 14 heteroatoms. The van der Waals surface area contributed by atoms with Crippen molar-refractivity contribution in [3.05, 3.63) is 59.8 Å². The molecule has 4 rings (SSSR count). The number of nitriles is 1. The van der Waals surface area contributed by atoms with Crippen molar-refractivity contribution in [3.8, 4) is 17.3 Å².